The Morgan fingerprint density at radius 2 is 1.80 bits per heavy atom. The SMILES string of the molecule is CCCCCCCC(CSC(C)C)NN. The van der Waals surface area contributed by atoms with Crippen LogP contribution < -0.4 is 11.3 Å². The molecule has 0 aromatic rings. The summed E-state index contributed by atoms with van der Waals surface area (Å²) in [6.07, 6.45) is 7.97. The summed E-state index contributed by atoms with van der Waals surface area (Å²) >= 11 is 1.99. The van der Waals surface area contributed by atoms with Crippen LogP contribution in [0, 0.1) is 0 Å². The van der Waals surface area contributed by atoms with E-state index < -0.39 is 0 Å². The third kappa shape index (κ3) is 10.6. The first-order chi connectivity index (χ1) is 7.20. The van der Waals surface area contributed by atoms with Crippen LogP contribution in [0.2, 0.25) is 0 Å². The van der Waals surface area contributed by atoms with Crippen molar-refractivity contribution in [2.75, 3.05) is 5.75 Å². The Labute approximate surface area is 99.7 Å². The van der Waals surface area contributed by atoms with Crippen LogP contribution in [-0.4, -0.2) is 17.0 Å². The van der Waals surface area contributed by atoms with E-state index in [-0.39, 0.29) is 0 Å². The third-order valence-corrected chi connectivity index (χ3v) is 3.78. The smallest absolute Gasteiger partial charge is 0.0301 e. The first-order valence-corrected chi connectivity index (χ1v) is 7.33. The van der Waals surface area contributed by atoms with Crippen LogP contribution in [0.3, 0.4) is 0 Å². The molecule has 0 saturated carbocycles. The molecule has 0 spiro atoms. The maximum atomic E-state index is 5.54. The van der Waals surface area contributed by atoms with Gasteiger partial charge >= 0.3 is 0 Å². The highest BCUT2D eigenvalue weighted by Gasteiger charge is 2.07. The van der Waals surface area contributed by atoms with Crippen LogP contribution in [-0.2, 0) is 0 Å². The Bertz CT molecular complexity index is 129. The van der Waals surface area contributed by atoms with E-state index in [1.54, 1.807) is 0 Å². The molecule has 0 rings (SSSR count). The maximum Gasteiger partial charge on any atom is 0.0301 e. The number of nitrogens with two attached hydrogens (primary N) is 1. The van der Waals surface area contributed by atoms with Gasteiger partial charge in [-0.15, -0.1) is 0 Å². The fourth-order valence-electron chi connectivity index (χ4n) is 1.52. The number of nitrogens with one attached hydrogen (secondary N) is 1. The number of hydrazine groups is 1. The van der Waals surface area contributed by atoms with E-state index in [2.05, 4.69) is 26.2 Å². The number of thioether (sulfide) groups is 1. The lowest BCUT2D eigenvalue weighted by Crippen LogP contribution is -2.37. The van der Waals surface area contributed by atoms with Crippen molar-refractivity contribution in [2.45, 2.75) is 70.6 Å². The zero-order valence-corrected chi connectivity index (χ0v) is 11.4. The van der Waals surface area contributed by atoms with Gasteiger partial charge in [0.2, 0.25) is 0 Å². The molecule has 0 fully saturated rings. The van der Waals surface area contributed by atoms with Gasteiger partial charge in [0.05, 0.1) is 0 Å². The number of hydrogen-bond donors (Lipinski definition) is 2. The van der Waals surface area contributed by atoms with Gasteiger partial charge in [0.25, 0.3) is 0 Å². The first-order valence-electron chi connectivity index (χ1n) is 6.28. The predicted octanol–water partition coefficient (Wildman–Crippen LogP) is 3.32. The molecule has 2 nitrogen and oxygen atoms in total. The summed E-state index contributed by atoms with van der Waals surface area (Å²) in [7, 11) is 0. The van der Waals surface area contributed by atoms with E-state index in [0.29, 0.717) is 11.3 Å². The predicted molar refractivity (Wildman–Crippen MR) is 72.1 cm³/mol. The van der Waals surface area contributed by atoms with Crippen molar-refractivity contribution >= 4 is 11.8 Å². The Morgan fingerprint density at radius 1 is 1.13 bits per heavy atom. The van der Waals surface area contributed by atoms with Crippen molar-refractivity contribution in [2.24, 2.45) is 5.84 Å². The normalized spacial score (nSPS) is 13.4. The zero-order valence-electron chi connectivity index (χ0n) is 10.6. The summed E-state index contributed by atoms with van der Waals surface area (Å²) in [5, 5.41) is 0.709. The lowest BCUT2D eigenvalue weighted by atomic mass is 10.1. The van der Waals surface area contributed by atoms with Crippen molar-refractivity contribution in [3.8, 4) is 0 Å². The molecule has 0 amide bonds. The summed E-state index contributed by atoms with van der Waals surface area (Å²) < 4.78 is 0. The second-order valence-electron chi connectivity index (χ2n) is 4.45. The fourth-order valence-corrected chi connectivity index (χ4v) is 2.40. The molecule has 0 aliphatic heterocycles. The lowest BCUT2D eigenvalue weighted by Gasteiger charge is -2.16. The minimum atomic E-state index is 0.499. The van der Waals surface area contributed by atoms with Gasteiger partial charge in [0.15, 0.2) is 0 Å². The van der Waals surface area contributed by atoms with Crippen LogP contribution >= 0.6 is 11.8 Å². The second kappa shape index (κ2) is 10.8. The Hall–Kier alpha value is 0.270. The van der Waals surface area contributed by atoms with Crippen molar-refractivity contribution < 1.29 is 0 Å². The second-order valence-corrected chi connectivity index (χ2v) is 6.06. The lowest BCUT2D eigenvalue weighted by molar-refractivity contribution is 0.497. The third-order valence-electron chi connectivity index (χ3n) is 2.52. The largest absolute Gasteiger partial charge is 0.271 e. The van der Waals surface area contributed by atoms with E-state index in [9.17, 15) is 0 Å². The fraction of sp³-hybridized carbons (Fsp3) is 1.00. The molecule has 0 aromatic carbocycles. The highest BCUT2D eigenvalue weighted by molar-refractivity contribution is 7.99. The molecule has 0 bridgehead atoms. The van der Waals surface area contributed by atoms with Gasteiger partial charge in [-0.2, -0.15) is 11.8 Å². The molecule has 92 valence electrons. The molecule has 15 heavy (non-hydrogen) atoms. The molecule has 0 radical (unpaired) electrons. The Morgan fingerprint density at radius 3 is 2.33 bits per heavy atom. The van der Waals surface area contributed by atoms with Crippen molar-refractivity contribution in [3.63, 3.8) is 0 Å². The molecule has 0 saturated heterocycles. The van der Waals surface area contributed by atoms with E-state index >= 15 is 0 Å². The van der Waals surface area contributed by atoms with Gasteiger partial charge in [0.1, 0.15) is 0 Å². The Balaban J connectivity index is 3.36. The zero-order chi connectivity index (χ0) is 11.5. The molecule has 3 heteroatoms. The molecular weight excluding hydrogens is 204 g/mol. The van der Waals surface area contributed by atoms with Crippen LogP contribution in [0.5, 0.6) is 0 Å². The van der Waals surface area contributed by atoms with Gasteiger partial charge in [-0.05, 0) is 11.7 Å². The molecule has 0 heterocycles. The summed E-state index contributed by atoms with van der Waals surface area (Å²) in [6, 6.07) is 0.499. The minimum absolute atomic E-state index is 0.499. The standard InChI is InChI=1S/C12H28N2S/c1-4-5-6-7-8-9-12(14-13)10-15-11(2)3/h11-12,14H,4-10,13H2,1-3H3. The molecule has 0 aromatic heterocycles. The summed E-state index contributed by atoms with van der Waals surface area (Å²) in [6.45, 7) is 6.72. The Kier molecular flexibility index (Phi) is 11.0. The van der Waals surface area contributed by atoms with Crippen molar-refractivity contribution in [3.05, 3.63) is 0 Å². The van der Waals surface area contributed by atoms with E-state index in [1.165, 1.54) is 38.5 Å². The highest BCUT2D eigenvalue weighted by Crippen LogP contribution is 2.14. The topological polar surface area (TPSA) is 38.0 Å². The molecule has 1 unspecified atom stereocenters. The number of unbranched alkanes of at least 4 members (excludes halogenated alkanes) is 4. The molecule has 3 N–H and O–H groups in total. The molecule has 0 aliphatic rings. The number of rotatable bonds is 10. The summed E-state index contributed by atoms with van der Waals surface area (Å²) in [5.74, 6) is 6.68. The van der Waals surface area contributed by atoms with Gasteiger partial charge in [-0.25, -0.2) is 0 Å². The first kappa shape index (κ1) is 15.3. The summed E-state index contributed by atoms with van der Waals surface area (Å²) in [5.41, 5.74) is 2.93. The van der Waals surface area contributed by atoms with Crippen LogP contribution in [0.25, 0.3) is 0 Å². The minimum Gasteiger partial charge on any atom is -0.271 e. The van der Waals surface area contributed by atoms with Crippen molar-refractivity contribution in [1.82, 2.24) is 5.43 Å². The summed E-state index contributed by atoms with van der Waals surface area (Å²) in [4.78, 5) is 0. The molecule has 1 atom stereocenters. The van der Waals surface area contributed by atoms with E-state index in [0.717, 1.165) is 5.75 Å². The van der Waals surface area contributed by atoms with Gasteiger partial charge < -0.3 is 0 Å². The van der Waals surface area contributed by atoms with Crippen LogP contribution in [0.4, 0.5) is 0 Å². The monoisotopic (exact) mass is 232 g/mol. The van der Waals surface area contributed by atoms with E-state index in [1.807, 2.05) is 11.8 Å². The van der Waals surface area contributed by atoms with Gasteiger partial charge in [-0.1, -0.05) is 52.9 Å². The van der Waals surface area contributed by atoms with Crippen LogP contribution in [0.15, 0.2) is 0 Å². The van der Waals surface area contributed by atoms with Crippen LogP contribution in [0.1, 0.15) is 59.3 Å². The highest BCUT2D eigenvalue weighted by atomic mass is 32.2. The maximum absolute atomic E-state index is 5.54. The average molecular weight is 232 g/mol. The quantitative estimate of drug-likeness (QED) is 0.345. The molecule has 0 aliphatic carbocycles. The van der Waals surface area contributed by atoms with Gasteiger partial charge in [-0.3, -0.25) is 11.3 Å². The van der Waals surface area contributed by atoms with E-state index in [4.69, 9.17) is 5.84 Å². The molecular formula is C12H28N2S. The average Bonchev–Trinajstić information content (AvgIpc) is 2.22. The van der Waals surface area contributed by atoms with Gasteiger partial charge in [0, 0.05) is 11.8 Å². The number of hydrogen-bond acceptors (Lipinski definition) is 3. The van der Waals surface area contributed by atoms with Crippen molar-refractivity contribution in [1.29, 1.82) is 0 Å².